The van der Waals surface area contributed by atoms with Crippen molar-refractivity contribution >= 4 is 0 Å². The SMILES string of the molecule is N[C@@H](c1ccccc1C(F)F)C1CC1. The summed E-state index contributed by atoms with van der Waals surface area (Å²) in [6.07, 6.45) is -0.284. The zero-order valence-electron chi connectivity index (χ0n) is 7.79. The van der Waals surface area contributed by atoms with Crippen LogP contribution in [0.4, 0.5) is 8.78 Å². The van der Waals surface area contributed by atoms with Gasteiger partial charge in [0, 0.05) is 11.6 Å². The summed E-state index contributed by atoms with van der Waals surface area (Å²) >= 11 is 0. The van der Waals surface area contributed by atoms with E-state index < -0.39 is 6.43 Å². The summed E-state index contributed by atoms with van der Waals surface area (Å²) in [6.45, 7) is 0. The van der Waals surface area contributed by atoms with Crippen LogP contribution in [-0.4, -0.2) is 0 Å². The summed E-state index contributed by atoms with van der Waals surface area (Å²) < 4.78 is 25.2. The van der Waals surface area contributed by atoms with Gasteiger partial charge >= 0.3 is 0 Å². The van der Waals surface area contributed by atoms with E-state index in [-0.39, 0.29) is 11.6 Å². The molecule has 0 bridgehead atoms. The average molecular weight is 197 g/mol. The predicted octanol–water partition coefficient (Wildman–Crippen LogP) is 3.03. The van der Waals surface area contributed by atoms with Gasteiger partial charge in [0.05, 0.1) is 0 Å². The first-order valence-electron chi connectivity index (χ1n) is 4.82. The summed E-state index contributed by atoms with van der Waals surface area (Å²) in [5, 5.41) is 0. The second-order valence-electron chi connectivity index (χ2n) is 3.79. The third kappa shape index (κ3) is 1.77. The Bertz CT molecular complexity index is 321. The second kappa shape index (κ2) is 3.65. The van der Waals surface area contributed by atoms with Crippen LogP contribution in [0.15, 0.2) is 24.3 Å². The Kier molecular flexibility index (Phi) is 2.50. The Morgan fingerprint density at radius 1 is 1.14 bits per heavy atom. The quantitative estimate of drug-likeness (QED) is 0.791. The number of halogens is 2. The molecular formula is C11H13F2N. The zero-order valence-corrected chi connectivity index (χ0v) is 7.79. The van der Waals surface area contributed by atoms with Crippen molar-refractivity contribution in [2.45, 2.75) is 25.3 Å². The van der Waals surface area contributed by atoms with Gasteiger partial charge in [0.2, 0.25) is 0 Å². The van der Waals surface area contributed by atoms with E-state index in [4.69, 9.17) is 5.73 Å². The maximum Gasteiger partial charge on any atom is 0.264 e. The van der Waals surface area contributed by atoms with Crippen molar-refractivity contribution in [1.82, 2.24) is 0 Å². The van der Waals surface area contributed by atoms with Crippen LogP contribution in [0.2, 0.25) is 0 Å². The standard InChI is InChI=1S/C11H13F2N/c12-11(13)9-4-2-1-3-8(9)10(14)7-5-6-7/h1-4,7,10-11H,5-6,14H2/t10-/m1/s1. The van der Waals surface area contributed by atoms with Crippen molar-refractivity contribution in [1.29, 1.82) is 0 Å². The lowest BCUT2D eigenvalue weighted by Gasteiger charge is -2.15. The number of alkyl halides is 2. The first-order chi connectivity index (χ1) is 6.70. The molecule has 1 nitrogen and oxygen atoms in total. The van der Waals surface area contributed by atoms with Crippen LogP contribution < -0.4 is 5.73 Å². The molecule has 1 aromatic carbocycles. The molecule has 0 radical (unpaired) electrons. The Morgan fingerprint density at radius 2 is 1.71 bits per heavy atom. The second-order valence-corrected chi connectivity index (χ2v) is 3.79. The minimum atomic E-state index is -2.42. The van der Waals surface area contributed by atoms with E-state index in [1.807, 2.05) is 0 Å². The average Bonchev–Trinajstić information content (AvgIpc) is 3.00. The molecule has 2 rings (SSSR count). The van der Waals surface area contributed by atoms with Crippen LogP contribution in [-0.2, 0) is 0 Å². The highest BCUT2D eigenvalue weighted by atomic mass is 19.3. The maximum absolute atomic E-state index is 12.6. The van der Waals surface area contributed by atoms with E-state index >= 15 is 0 Å². The number of rotatable bonds is 3. The van der Waals surface area contributed by atoms with Crippen molar-refractivity contribution in [3.05, 3.63) is 35.4 Å². The molecule has 1 aliphatic carbocycles. The normalized spacial score (nSPS) is 18.6. The molecule has 1 atom stereocenters. The van der Waals surface area contributed by atoms with Crippen molar-refractivity contribution in [3.8, 4) is 0 Å². The molecule has 2 N–H and O–H groups in total. The molecule has 0 spiro atoms. The van der Waals surface area contributed by atoms with Crippen LogP contribution in [0.5, 0.6) is 0 Å². The van der Waals surface area contributed by atoms with Crippen LogP contribution >= 0.6 is 0 Å². The Labute approximate surface area is 81.9 Å². The molecule has 14 heavy (non-hydrogen) atoms. The third-order valence-corrected chi connectivity index (χ3v) is 2.72. The molecule has 76 valence electrons. The van der Waals surface area contributed by atoms with Gasteiger partial charge in [-0.3, -0.25) is 0 Å². The Morgan fingerprint density at radius 3 is 2.21 bits per heavy atom. The van der Waals surface area contributed by atoms with Gasteiger partial charge in [-0.1, -0.05) is 24.3 Å². The number of hydrogen-bond acceptors (Lipinski definition) is 1. The van der Waals surface area contributed by atoms with Gasteiger partial charge in [0.15, 0.2) is 0 Å². The zero-order chi connectivity index (χ0) is 10.1. The molecule has 0 amide bonds. The minimum Gasteiger partial charge on any atom is -0.324 e. The van der Waals surface area contributed by atoms with Gasteiger partial charge in [-0.05, 0) is 24.3 Å². The van der Waals surface area contributed by atoms with Crippen LogP contribution in [0.3, 0.4) is 0 Å². The summed E-state index contributed by atoms with van der Waals surface area (Å²) in [5.74, 6) is 0.412. The van der Waals surface area contributed by atoms with Crippen molar-refractivity contribution < 1.29 is 8.78 Å². The molecule has 0 unspecified atom stereocenters. The van der Waals surface area contributed by atoms with Gasteiger partial charge in [0.25, 0.3) is 6.43 Å². The molecule has 0 saturated heterocycles. The molecule has 0 aromatic heterocycles. The van der Waals surface area contributed by atoms with Crippen LogP contribution in [0.1, 0.15) is 36.4 Å². The minimum absolute atomic E-state index is 0.0897. The highest BCUT2D eigenvalue weighted by molar-refractivity contribution is 5.31. The van der Waals surface area contributed by atoms with E-state index in [2.05, 4.69) is 0 Å². The van der Waals surface area contributed by atoms with E-state index in [0.717, 1.165) is 12.8 Å². The van der Waals surface area contributed by atoms with Gasteiger partial charge < -0.3 is 5.73 Å². The smallest absolute Gasteiger partial charge is 0.264 e. The van der Waals surface area contributed by atoms with E-state index in [1.54, 1.807) is 18.2 Å². The maximum atomic E-state index is 12.6. The van der Waals surface area contributed by atoms with Gasteiger partial charge in [-0.25, -0.2) is 8.78 Å². The van der Waals surface area contributed by atoms with E-state index in [0.29, 0.717) is 11.5 Å². The summed E-state index contributed by atoms with van der Waals surface area (Å²) in [4.78, 5) is 0. The number of nitrogens with two attached hydrogens (primary N) is 1. The van der Waals surface area contributed by atoms with Gasteiger partial charge in [0.1, 0.15) is 0 Å². The van der Waals surface area contributed by atoms with Crippen LogP contribution in [0.25, 0.3) is 0 Å². The molecule has 1 fully saturated rings. The summed E-state index contributed by atoms with van der Waals surface area (Å²) in [6, 6.07) is 6.36. The Hall–Kier alpha value is -0.960. The fraction of sp³-hybridized carbons (Fsp3) is 0.455. The topological polar surface area (TPSA) is 26.0 Å². The summed E-state index contributed by atoms with van der Waals surface area (Å²) in [5.41, 5.74) is 6.61. The lowest BCUT2D eigenvalue weighted by atomic mass is 9.98. The Balaban J connectivity index is 2.30. The predicted molar refractivity (Wildman–Crippen MR) is 51.1 cm³/mol. The highest BCUT2D eigenvalue weighted by Gasteiger charge is 2.31. The lowest BCUT2D eigenvalue weighted by Crippen LogP contribution is -2.14. The largest absolute Gasteiger partial charge is 0.324 e. The van der Waals surface area contributed by atoms with Gasteiger partial charge in [-0.15, -0.1) is 0 Å². The van der Waals surface area contributed by atoms with E-state index in [9.17, 15) is 8.78 Å². The van der Waals surface area contributed by atoms with Crippen molar-refractivity contribution in [2.24, 2.45) is 11.7 Å². The third-order valence-electron chi connectivity index (χ3n) is 2.72. The molecule has 1 saturated carbocycles. The molecule has 1 aliphatic rings. The fourth-order valence-electron chi connectivity index (χ4n) is 1.72. The fourth-order valence-corrected chi connectivity index (χ4v) is 1.72. The van der Waals surface area contributed by atoms with Gasteiger partial charge in [-0.2, -0.15) is 0 Å². The first kappa shape index (κ1) is 9.59. The molecule has 3 heteroatoms. The monoisotopic (exact) mass is 197 g/mol. The molecular weight excluding hydrogens is 184 g/mol. The molecule has 0 aliphatic heterocycles. The van der Waals surface area contributed by atoms with E-state index in [1.165, 1.54) is 6.07 Å². The summed E-state index contributed by atoms with van der Waals surface area (Å²) in [7, 11) is 0. The molecule has 1 aromatic rings. The van der Waals surface area contributed by atoms with Crippen molar-refractivity contribution in [2.75, 3.05) is 0 Å². The lowest BCUT2D eigenvalue weighted by molar-refractivity contribution is 0.149. The van der Waals surface area contributed by atoms with Crippen LogP contribution in [0, 0.1) is 5.92 Å². The van der Waals surface area contributed by atoms with Crippen molar-refractivity contribution in [3.63, 3.8) is 0 Å². The highest BCUT2D eigenvalue weighted by Crippen LogP contribution is 2.41. The number of benzene rings is 1. The number of hydrogen-bond donors (Lipinski definition) is 1. The first-order valence-corrected chi connectivity index (χ1v) is 4.82. The molecule has 0 heterocycles.